The molecule has 1 aromatic carbocycles. The molecule has 0 nitrogen and oxygen atoms in total. The van der Waals surface area contributed by atoms with Crippen LogP contribution in [0, 0.1) is 6.07 Å². The summed E-state index contributed by atoms with van der Waals surface area (Å²) in [7, 11) is -0.584. The van der Waals surface area contributed by atoms with Gasteiger partial charge in [0.1, 0.15) is 0 Å². The minimum Gasteiger partial charge on any atom is -0.185 e. The third-order valence-electron chi connectivity index (χ3n) is 1.36. The SMILES string of the molecule is C[SiH](C)c1[c-]cccc1.[Fe]. The predicted molar refractivity (Wildman–Crippen MR) is 43.8 cm³/mol. The molecule has 0 radical (unpaired) electrons. The molecule has 0 spiro atoms. The van der Waals surface area contributed by atoms with Gasteiger partial charge in [-0.3, -0.25) is 0 Å². The first-order valence-corrected chi connectivity index (χ1v) is 6.16. The average molecular weight is 191 g/mol. The molecule has 0 unspecified atom stereocenters. The molecule has 0 amide bonds. The number of rotatable bonds is 1. The van der Waals surface area contributed by atoms with Crippen molar-refractivity contribution < 1.29 is 17.1 Å². The summed E-state index contributed by atoms with van der Waals surface area (Å²) >= 11 is 0. The van der Waals surface area contributed by atoms with Crippen LogP contribution in [0.5, 0.6) is 0 Å². The summed E-state index contributed by atoms with van der Waals surface area (Å²) in [5, 5.41) is 1.43. The van der Waals surface area contributed by atoms with E-state index >= 15 is 0 Å². The molecule has 0 aromatic heterocycles. The third kappa shape index (κ3) is 2.69. The van der Waals surface area contributed by atoms with Crippen LogP contribution in [0.2, 0.25) is 13.1 Å². The summed E-state index contributed by atoms with van der Waals surface area (Å²) in [6.07, 6.45) is 0. The fourth-order valence-electron chi connectivity index (χ4n) is 0.766. The molecule has 0 aliphatic rings. The van der Waals surface area contributed by atoms with E-state index in [1.54, 1.807) is 0 Å². The van der Waals surface area contributed by atoms with Crippen LogP contribution < -0.4 is 5.19 Å². The van der Waals surface area contributed by atoms with E-state index in [-0.39, 0.29) is 17.1 Å². The van der Waals surface area contributed by atoms with Crippen LogP contribution in [0.1, 0.15) is 0 Å². The quantitative estimate of drug-likeness (QED) is 0.462. The standard InChI is InChI=1S/C8H11Si.Fe/c1-9(2)8-6-4-3-5-7-8;/h3-6,9H,1-2H3;/q-1;. The molecule has 0 saturated heterocycles. The Morgan fingerprint density at radius 1 is 1.30 bits per heavy atom. The van der Waals surface area contributed by atoms with Gasteiger partial charge in [-0.1, -0.05) is 13.1 Å². The molecule has 0 bridgehead atoms. The second kappa shape index (κ2) is 4.72. The van der Waals surface area contributed by atoms with Gasteiger partial charge in [0.15, 0.2) is 0 Å². The van der Waals surface area contributed by atoms with Crippen LogP contribution in [0.3, 0.4) is 0 Å². The van der Waals surface area contributed by atoms with Crippen molar-refractivity contribution >= 4 is 14.0 Å². The Morgan fingerprint density at radius 2 is 2.00 bits per heavy atom. The molecule has 10 heavy (non-hydrogen) atoms. The smallest absolute Gasteiger partial charge is 0.0373 e. The van der Waals surface area contributed by atoms with Gasteiger partial charge in [-0.25, -0.2) is 0 Å². The molecule has 1 rings (SSSR count). The van der Waals surface area contributed by atoms with Crippen molar-refractivity contribution in [3.8, 4) is 0 Å². The van der Waals surface area contributed by atoms with Gasteiger partial charge < -0.3 is 0 Å². The molecule has 0 N–H and O–H groups in total. The summed E-state index contributed by atoms with van der Waals surface area (Å²) in [5.41, 5.74) is 0. The van der Waals surface area contributed by atoms with Crippen LogP contribution in [-0.2, 0) is 17.1 Å². The summed E-state index contributed by atoms with van der Waals surface area (Å²) in [6.45, 7) is 4.62. The molecule has 0 aliphatic heterocycles. The number of benzene rings is 1. The van der Waals surface area contributed by atoms with Gasteiger partial charge in [-0.2, -0.15) is 35.5 Å². The maximum absolute atomic E-state index is 3.23. The van der Waals surface area contributed by atoms with Gasteiger partial charge in [-0.15, -0.1) is 0 Å². The van der Waals surface area contributed by atoms with Crippen molar-refractivity contribution in [3.63, 3.8) is 0 Å². The van der Waals surface area contributed by atoms with E-state index in [0.717, 1.165) is 0 Å². The van der Waals surface area contributed by atoms with Gasteiger partial charge in [0.25, 0.3) is 0 Å². The zero-order valence-corrected chi connectivity index (χ0v) is 8.50. The van der Waals surface area contributed by atoms with Crippen molar-refractivity contribution in [2.24, 2.45) is 0 Å². The van der Waals surface area contributed by atoms with Crippen LogP contribution >= 0.6 is 0 Å². The number of hydrogen-bond acceptors (Lipinski definition) is 0. The first-order valence-electron chi connectivity index (χ1n) is 3.27. The van der Waals surface area contributed by atoms with Crippen molar-refractivity contribution in [3.05, 3.63) is 30.3 Å². The normalized spacial score (nSPS) is 9.10. The molecular formula is C8H11FeSi-. The van der Waals surface area contributed by atoms with Gasteiger partial charge in [-0.05, 0) is 0 Å². The van der Waals surface area contributed by atoms with Crippen LogP contribution in [0.4, 0.5) is 0 Å². The summed E-state index contributed by atoms with van der Waals surface area (Å²) < 4.78 is 0. The average Bonchev–Trinajstić information content (AvgIpc) is 1.90. The minimum atomic E-state index is -0.584. The maximum Gasteiger partial charge on any atom is 0.0373 e. The molecule has 1 aromatic rings. The molecule has 0 atom stereocenters. The molecule has 0 saturated carbocycles. The summed E-state index contributed by atoms with van der Waals surface area (Å²) in [5.74, 6) is 0. The largest absolute Gasteiger partial charge is 0.185 e. The zero-order chi connectivity index (χ0) is 6.69. The van der Waals surface area contributed by atoms with Crippen molar-refractivity contribution in [1.29, 1.82) is 0 Å². The molecule has 2 heteroatoms. The first kappa shape index (κ1) is 9.96. The maximum atomic E-state index is 3.23. The van der Waals surface area contributed by atoms with Gasteiger partial charge >= 0.3 is 0 Å². The fourth-order valence-corrected chi connectivity index (χ4v) is 1.69. The van der Waals surface area contributed by atoms with Crippen LogP contribution in [0.25, 0.3) is 0 Å². The zero-order valence-electron chi connectivity index (χ0n) is 6.24. The Labute approximate surface area is 74.7 Å². The predicted octanol–water partition coefficient (Wildman–Crippen LogP) is 1.18. The molecular weight excluding hydrogens is 180 g/mol. The van der Waals surface area contributed by atoms with E-state index in [2.05, 4.69) is 31.3 Å². The summed E-state index contributed by atoms with van der Waals surface area (Å²) in [6, 6.07) is 11.5. The monoisotopic (exact) mass is 191 g/mol. The van der Waals surface area contributed by atoms with Crippen molar-refractivity contribution in [2.45, 2.75) is 13.1 Å². The Morgan fingerprint density at radius 3 is 2.30 bits per heavy atom. The van der Waals surface area contributed by atoms with Crippen LogP contribution in [0.15, 0.2) is 24.3 Å². The number of hydrogen-bond donors (Lipinski definition) is 0. The van der Waals surface area contributed by atoms with Crippen molar-refractivity contribution in [1.82, 2.24) is 0 Å². The Balaban J connectivity index is 0.000000810. The molecule has 0 heterocycles. The molecule has 0 aliphatic carbocycles. The minimum absolute atomic E-state index is 0. The first-order chi connectivity index (χ1) is 4.30. The Kier molecular flexibility index (Phi) is 4.70. The van der Waals surface area contributed by atoms with E-state index < -0.39 is 8.80 Å². The Hall–Kier alpha value is -0.0436. The molecule has 0 fully saturated rings. The summed E-state index contributed by atoms with van der Waals surface area (Å²) in [4.78, 5) is 0. The second-order valence-corrected chi connectivity index (χ2v) is 5.40. The Bertz CT molecular complexity index is 172. The second-order valence-electron chi connectivity index (χ2n) is 2.47. The van der Waals surface area contributed by atoms with Crippen LogP contribution in [-0.4, -0.2) is 8.80 Å². The third-order valence-corrected chi connectivity index (χ3v) is 2.96. The van der Waals surface area contributed by atoms with Crippen molar-refractivity contribution in [2.75, 3.05) is 0 Å². The van der Waals surface area contributed by atoms with Gasteiger partial charge in [0, 0.05) is 25.9 Å². The van der Waals surface area contributed by atoms with E-state index in [1.807, 2.05) is 12.1 Å². The topological polar surface area (TPSA) is 0 Å². The van der Waals surface area contributed by atoms with Gasteiger partial charge in [0.05, 0.1) is 0 Å². The van der Waals surface area contributed by atoms with E-state index in [0.29, 0.717) is 0 Å². The molecule has 56 valence electrons. The fraction of sp³-hybridized carbons (Fsp3) is 0.250. The van der Waals surface area contributed by atoms with E-state index in [9.17, 15) is 0 Å². The van der Waals surface area contributed by atoms with E-state index in [4.69, 9.17) is 0 Å². The van der Waals surface area contributed by atoms with Gasteiger partial charge in [0.2, 0.25) is 0 Å². The van der Waals surface area contributed by atoms with E-state index in [1.165, 1.54) is 5.19 Å².